The summed E-state index contributed by atoms with van der Waals surface area (Å²) in [5.74, 6) is 2.11. The van der Waals surface area contributed by atoms with Gasteiger partial charge in [-0.2, -0.15) is 0 Å². The molecule has 2 unspecified atom stereocenters. The number of benzene rings is 1. The Bertz CT molecular complexity index is 1210. The van der Waals surface area contributed by atoms with Crippen molar-refractivity contribution >= 4 is 23.8 Å². The summed E-state index contributed by atoms with van der Waals surface area (Å²) in [4.78, 5) is 33.7. The Balaban J connectivity index is 1.10. The van der Waals surface area contributed by atoms with Crippen molar-refractivity contribution in [3.63, 3.8) is 0 Å². The van der Waals surface area contributed by atoms with Gasteiger partial charge >= 0.3 is 0 Å². The number of rotatable bonds is 7. The Kier molecular flexibility index (Phi) is 6.57. The highest BCUT2D eigenvalue weighted by Gasteiger charge is 2.55. The standard InChI is InChI=1S/C31H41N5O3/c1-20-18-35(25-9-7-24(8-10-25)30(2,3)32-19-37)11-12-36(20)27-6-4-5-26(33-27)29(38)34-28-22-13-21-14-23(28)17-31(39,15-21)16-22/h4-10,19-23,28,39H,11-18H2,1-3H3,(H,32,37)(H,34,38)/t20-,21?,22?,23?,28-,31-/m1/s1. The van der Waals surface area contributed by atoms with Crippen molar-refractivity contribution in [2.45, 2.75) is 76.1 Å². The monoisotopic (exact) mass is 531 g/mol. The van der Waals surface area contributed by atoms with Crippen molar-refractivity contribution in [2.24, 2.45) is 17.8 Å². The van der Waals surface area contributed by atoms with Gasteiger partial charge in [0.2, 0.25) is 6.41 Å². The second-order valence-corrected chi connectivity index (χ2v) is 13.0. The molecule has 8 heteroatoms. The summed E-state index contributed by atoms with van der Waals surface area (Å²) in [6.45, 7) is 8.70. The van der Waals surface area contributed by atoms with Crippen molar-refractivity contribution < 1.29 is 14.7 Å². The van der Waals surface area contributed by atoms with Crippen molar-refractivity contribution in [3.05, 3.63) is 53.7 Å². The van der Waals surface area contributed by atoms with E-state index in [9.17, 15) is 14.7 Å². The van der Waals surface area contributed by atoms with Crippen LogP contribution < -0.4 is 20.4 Å². The molecule has 1 saturated heterocycles. The molecule has 2 aromatic rings. The number of anilines is 2. The quantitative estimate of drug-likeness (QED) is 0.474. The predicted octanol–water partition coefficient (Wildman–Crippen LogP) is 3.45. The summed E-state index contributed by atoms with van der Waals surface area (Å²) in [5.41, 5.74) is 1.78. The van der Waals surface area contributed by atoms with Crippen LogP contribution in [0.25, 0.3) is 0 Å². The SMILES string of the molecule is C[C@@H]1CN(c2ccc(C(C)(C)NC=O)cc2)CCN1c1cccc(C(=O)N[C@H]2C3CC4CC2C[C@](O)(C4)C3)n1. The first-order valence-corrected chi connectivity index (χ1v) is 14.5. The maximum atomic E-state index is 13.3. The zero-order valence-corrected chi connectivity index (χ0v) is 23.3. The minimum atomic E-state index is -0.500. The van der Waals surface area contributed by atoms with E-state index in [1.807, 2.05) is 32.0 Å². The average Bonchev–Trinajstić information content (AvgIpc) is 2.90. The normalized spacial score (nSPS) is 31.7. The third-order valence-corrected chi connectivity index (χ3v) is 9.80. The number of aliphatic hydroxyl groups is 1. The van der Waals surface area contributed by atoms with Crippen LogP contribution in [0.1, 0.15) is 68.9 Å². The Labute approximate surface area is 231 Å². The van der Waals surface area contributed by atoms with Crippen LogP contribution in [0.4, 0.5) is 11.5 Å². The van der Waals surface area contributed by atoms with E-state index in [0.29, 0.717) is 23.4 Å². The molecule has 5 aliphatic rings. The molecule has 0 spiro atoms. The number of pyridine rings is 1. The molecular formula is C31H41N5O3. The fraction of sp³-hybridized carbons (Fsp3) is 0.581. The number of nitrogens with one attached hydrogen (secondary N) is 2. The fourth-order valence-corrected chi connectivity index (χ4v) is 8.00. The second-order valence-electron chi connectivity index (χ2n) is 13.0. The lowest BCUT2D eigenvalue weighted by Gasteiger charge is -2.58. The number of carbonyl (C=O) groups is 2. The number of carbonyl (C=O) groups excluding carboxylic acids is 2. The molecule has 4 bridgehead atoms. The molecular weight excluding hydrogens is 490 g/mol. The van der Waals surface area contributed by atoms with Crippen LogP contribution in [0.15, 0.2) is 42.5 Å². The van der Waals surface area contributed by atoms with Gasteiger partial charge in [-0.05, 0) is 100 Å². The van der Waals surface area contributed by atoms with Crippen LogP contribution in [0.2, 0.25) is 0 Å². The molecule has 2 heterocycles. The molecule has 3 N–H and O–H groups in total. The van der Waals surface area contributed by atoms with Gasteiger partial charge < -0.3 is 25.5 Å². The van der Waals surface area contributed by atoms with E-state index in [1.54, 1.807) is 0 Å². The van der Waals surface area contributed by atoms with Gasteiger partial charge in [0.05, 0.1) is 11.1 Å². The summed E-state index contributed by atoms with van der Waals surface area (Å²) in [5, 5.41) is 17.1. The van der Waals surface area contributed by atoms with E-state index in [-0.39, 0.29) is 18.0 Å². The second kappa shape index (κ2) is 9.81. The van der Waals surface area contributed by atoms with Crippen LogP contribution in [0.5, 0.6) is 0 Å². The summed E-state index contributed by atoms with van der Waals surface area (Å²) in [6, 6.07) is 14.5. The summed E-state index contributed by atoms with van der Waals surface area (Å²) in [7, 11) is 0. The van der Waals surface area contributed by atoms with Gasteiger partial charge in [-0.15, -0.1) is 0 Å². The van der Waals surface area contributed by atoms with Gasteiger partial charge in [-0.3, -0.25) is 9.59 Å². The Morgan fingerprint density at radius 1 is 1.08 bits per heavy atom. The van der Waals surface area contributed by atoms with Gasteiger partial charge in [0, 0.05) is 37.4 Å². The zero-order chi connectivity index (χ0) is 27.4. The number of amides is 2. The predicted molar refractivity (Wildman–Crippen MR) is 152 cm³/mol. The first kappa shape index (κ1) is 26.1. The van der Waals surface area contributed by atoms with Crippen molar-refractivity contribution in [3.8, 4) is 0 Å². The Morgan fingerprint density at radius 2 is 1.79 bits per heavy atom. The Hall–Kier alpha value is -3.13. The van der Waals surface area contributed by atoms with Crippen LogP contribution in [0.3, 0.4) is 0 Å². The molecule has 5 fully saturated rings. The van der Waals surface area contributed by atoms with Crippen molar-refractivity contribution in [2.75, 3.05) is 29.4 Å². The maximum absolute atomic E-state index is 13.3. The molecule has 3 atom stereocenters. The minimum Gasteiger partial charge on any atom is -0.390 e. The van der Waals surface area contributed by atoms with Crippen LogP contribution in [-0.4, -0.2) is 59.7 Å². The van der Waals surface area contributed by atoms with E-state index in [2.05, 4.69) is 51.6 Å². The fourth-order valence-electron chi connectivity index (χ4n) is 8.00. The lowest BCUT2D eigenvalue weighted by molar-refractivity contribution is -0.137. The van der Waals surface area contributed by atoms with Gasteiger partial charge in [0.15, 0.2) is 0 Å². The van der Waals surface area contributed by atoms with Gasteiger partial charge in [0.25, 0.3) is 5.91 Å². The molecule has 1 aromatic carbocycles. The van der Waals surface area contributed by atoms with E-state index < -0.39 is 11.1 Å². The number of aromatic nitrogens is 1. The molecule has 2 amide bonds. The number of hydrogen-bond acceptors (Lipinski definition) is 6. The van der Waals surface area contributed by atoms with Crippen LogP contribution >= 0.6 is 0 Å². The Morgan fingerprint density at radius 3 is 2.44 bits per heavy atom. The van der Waals surface area contributed by atoms with Crippen LogP contribution in [-0.2, 0) is 10.3 Å². The summed E-state index contributed by atoms with van der Waals surface area (Å²) < 4.78 is 0. The van der Waals surface area contributed by atoms with Gasteiger partial charge in [0.1, 0.15) is 11.5 Å². The minimum absolute atomic E-state index is 0.0975. The van der Waals surface area contributed by atoms with E-state index in [4.69, 9.17) is 4.98 Å². The molecule has 4 aliphatic carbocycles. The van der Waals surface area contributed by atoms with Crippen LogP contribution in [0, 0.1) is 17.8 Å². The molecule has 1 aromatic heterocycles. The third kappa shape index (κ3) is 4.99. The molecule has 1 aliphatic heterocycles. The van der Waals surface area contributed by atoms with Gasteiger partial charge in [-0.1, -0.05) is 18.2 Å². The van der Waals surface area contributed by atoms with Crippen molar-refractivity contribution in [1.29, 1.82) is 0 Å². The maximum Gasteiger partial charge on any atom is 0.270 e. The summed E-state index contributed by atoms with van der Waals surface area (Å²) in [6.07, 6.45) is 5.56. The van der Waals surface area contributed by atoms with E-state index in [0.717, 1.165) is 75.2 Å². The van der Waals surface area contributed by atoms with Crippen molar-refractivity contribution in [1.82, 2.24) is 15.6 Å². The molecule has 4 saturated carbocycles. The third-order valence-electron chi connectivity index (χ3n) is 9.80. The molecule has 39 heavy (non-hydrogen) atoms. The average molecular weight is 532 g/mol. The first-order valence-electron chi connectivity index (χ1n) is 14.5. The molecule has 208 valence electrons. The topological polar surface area (TPSA) is 97.8 Å². The number of hydrogen-bond donors (Lipinski definition) is 3. The first-order chi connectivity index (χ1) is 18.6. The summed E-state index contributed by atoms with van der Waals surface area (Å²) >= 11 is 0. The lowest BCUT2D eigenvalue weighted by Crippen LogP contribution is -2.61. The van der Waals surface area contributed by atoms with Gasteiger partial charge in [-0.25, -0.2) is 4.98 Å². The number of nitrogens with zero attached hydrogens (tertiary/aromatic N) is 3. The number of piperazine rings is 1. The highest BCUT2D eigenvalue weighted by atomic mass is 16.3. The highest BCUT2D eigenvalue weighted by molar-refractivity contribution is 5.93. The van der Waals surface area contributed by atoms with E-state index >= 15 is 0 Å². The zero-order valence-electron chi connectivity index (χ0n) is 23.3. The molecule has 0 radical (unpaired) electrons. The van der Waals surface area contributed by atoms with E-state index in [1.165, 1.54) is 0 Å². The molecule has 7 rings (SSSR count). The smallest absolute Gasteiger partial charge is 0.270 e. The largest absolute Gasteiger partial charge is 0.390 e. The highest BCUT2D eigenvalue weighted by Crippen LogP contribution is 2.55. The lowest BCUT2D eigenvalue weighted by atomic mass is 9.52. The molecule has 8 nitrogen and oxygen atoms in total.